The third-order valence-corrected chi connectivity index (χ3v) is 5.12. The lowest BCUT2D eigenvalue weighted by Crippen LogP contribution is -2.44. The first-order chi connectivity index (χ1) is 11.7. The number of likely N-dealkylation sites (tertiary alicyclic amines) is 1. The van der Waals surface area contributed by atoms with Crippen molar-refractivity contribution in [1.82, 2.24) is 10.2 Å². The topological polar surface area (TPSA) is 15.3 Å². The van der Waals surface area contributed by atoms with Crippen LogP contribution in [-0.4, -0.2) is 23.1 Å². The molecular weight excluding hydrogens is 336 g/mol. The van der Waals surface area contributed by atoms with Gasteiger partial charge < -0.3 is 10.2 Å². The Balaban J connectivity index is 1.74. The Morgan fingerprint density at radius 2 is 1.67 bits per heavy atom. The van der Waals surface area contributed by atoms with E-state index in [4.69, 9.17) is 23.8 Å². The van der Waals surface area contributed by atoms with Crippen molar-refractivity contribution >= 4 is 28.9 Å². The zero-order chi connectivity index (χ0) is 16.8. The highest BCUT2D eigenvalue weighted by atomic mass is 35.5. The molecule has 0 aromatic heterocycles. The Morgan fingerprint density at radius 3 is 2.33 bits per heavy atom. The lowest BCUT2D eigenvalue weighted by atomic mass is 9.99. The molecule has 1 aliphatic rings. The van der Waals surface area contributed by atoms with Gasteiger partial charge in [0.2, 0.25) is 0 Å². The third kappa shape index (κ3) is 4.71. The van der Waals surface area contributed by atoms with Crippen LogP contribution in [0.25, 0.3) is 0 Å². The van der Waals surface area contributed by atoms with Gasteiger partial charge in [0.15, 0.2) is 5.11 Å². The summed E-state index contributed by atoms with van der Waals surface area (Å²) in [6.45, 7) is 2.13. The Kier molecular flexibility index (Phi) is 6.11. The molecule has 0 spiro atoms. The second-order valence-electron chi connectivity index (χ2n) is 6.29. The number of rotatable bonds is 4. The molecule has 3 rings (SSSR count). The molecule has 24 heavy (non-hydrogen) atoms. The van der Waals surface area contributed by atoms with Crippen molar-refractivity contribution < 1.29 is 0 Å². The predicted octanol–water partition coefficient (Wildman–Crippen LogP) is 4.98. The minimum Gasteiger partial charge on any atom is -0.355 e. The summed E-state index contributed by atoms with van der Waals surface area (Å²) in [5.41, 5.74) is 2.51. The molecule has 2 nitrogen and oxygen atoms in total. The standard InChI is InChI=1S/C20H23ClN2S/c21-18-11-9-16(10-12-18)15-19(17-7-3-1-4-8-17)22-20(24)23-13-5-2-6-14-23/h1,3-4,7-12,19H,2,5-6,13-15H2,(H,22,24). The van der Waals surface area contributed by atoms with Crippen LogP contribution in [0, 0.1) is 0 Å². The number of nitrogens with one attached hydrogen (secondary N) is 1. The molecule has 2 aromatic rings. The van der Waals surface area contributed by atoms with Crippen LogP contribution in [0.15, 0.2) is 54.6 Å². The van der Waals surface area contributed by atoms with Crippen molar-refractivity contribution in [1.29, 1.82) is 0 Å². The number of hydrogen-bond donors (Lipinski definition) is 1. The maximum Gasteiger partial charge on any atom is 0.169 e. The van der Waals surface area contributed by atoms with Gasteiger partial charge in [-0.2, -0.15) is 0 Å². The van der Waals surface area contributed by atoms with Crippen LogP contribution >= 0.6 is 23.8 Å². The van der Waals surface area contributed by atoms with E-state index in [9.17, 15) is 0 Å². The van der Waals surface area contributed by atoms with Gasteiger partial charge in [-0.1, -0.05) is 54.1 Å². The lowest BCUT2D eigenvalue weighted by molar-refractivity contribution is 0.334. The van der Waals surface area contributed by atoms with E-state index in [0.717, 1.165) is 29.6 Å². The molecule has 0 amide bonds. The first kappa shape index (κ1) is 17.2. The average Bonchev–Trinajstić information content (AvgIpc) is 2.64. The molecule has 2 aromatic carbocycles. The summed E-state index contributed by atoms with van der Waals surface area (Å²) >= 11 is 11.7. The molecular formula is C20H23ClN2S. The summed E-state index contributed by atoms with van der Waals surface area (Å²) in [4.78, 5) is 2.30. The van der Waals surface area contributed by atoms with Crippen molar-refractivity contribution in [2.24, 2.45) is 0 Å². The molecule has 0 radical (unpaired) electrons. The van der Waals surface area contributed by atoms with Gasteiger partial charge in [-0.15, -0.1) is 0 Å². The average molecular weight is 359 g/mol. The highest BCUT2D eigenvalue weighted by Crippen LogP contribution is 2.21. The van der Waals surface area contributed by atoms with E-state index in [1.165, 1.54) is 30.4 Å². The first-order valence-electron chi connectivity index (χ1n) is 8.57. The van der Waals surface area contributed by atoms with Gasteiger partial charge in [-0.25, -0.2) is 0 Å². The molecule has 126 valence electrons. The van der Waals surface area contributed by atoms with Gasteiger partial charge in [0, 0.05) is 18.1 Å². The second-order valence-corrected chi connectivity index (χ2v) is 7.11. The highest BCUT2D eigenvalue weighted by molar-refractivity contribution is 7.80. The fourth-order valence-electron chi connectivity index (χ4n) is 3.13. The summed E-state index contributed by atoms with van der Waals surface area (Å²) in [7, 11) is 0. The van der Waals surface area contributed by atoms with E-state index in [1.807, 2.05) is 18.2 Å². The van der Waals surface area contributed by atoms with Gasteiger partial charge >= 0.3 is 0 Å². The SMILES string of the molecule is S=C(NC(Cc1ccc(Cl)cc1)c1ccccc1)N1CCCCC1. The Hall–Kier alpha value is -1.58. The molecule has 1 fully saturated rings. The van der Waals surface area contributed by atoms with E-state index >= 15 is 0 Å². The van der Waals surface area contributed by atoms with Crippen molar-refractivity contribution in [3.63, 3.8) is 0 Å². The van der Waals surface area contributed by atoms with Gasteiger partial charge in [-0.05, 0) is 61.2 Å². The van der Waals surface area contributed by atoms with Crippen LogP contribution < -0.4 is 5.32 Å². The van der Waals surface area contributed by atoms with E-state index in [0.29, 0.717) is 0 Å². The molecule has 1 atom stereocenters. The Labute approximate surface area is 154 Å². The molecule has 0 bridgehead atoms. The van der Waals surface area contributed by atoms with Crippen LogP contribution in [0.2, 0.25) is 5.02 Å². The van der Waals surface area contributed by atoms with Crippen LogP contribution in [0.3, 0.4) is 0 Å². The van der Waals surface area contributed by atoms with Gasteiger partial charge in [0.05, 0.1) is 6.04 Å². The number of halogens is 1. The molecule has 0 saturated carbocycles. The quantitative estimate of drug-likeness (QED) is 0.775. The predicted molar refractivity (Wildman–Crippen MR) is 105 cm³/mol. The summed E-state index contributed by atoms with van der Waals surface area (Å²) in [5.74, 6) is 0. The number of hydrogen-bond acceptors (Lipinski definition) is 1. The van der Waals surface area contributed by atoms with Crippen LogP contribution in [-0.2, 0) is 6.42 Å². The van der Waals surface area contributed by atoms with Crippen LogP contribution in [0.4, 0.5) is 0 Å². The molecule has 1 saturated heterocycles. The molecule has 1 aliphatic heterocycles. The third-order valence-electron chi connectivity index (χ3n) is 4.50. The number of nitrogens with zero attached hydrogens (tertiary/aromatic N) is 1. The largest absolute Gasteiger partial charge is 0.355 e. The first-order valence-corrected chi connectivity index (χ1v) is 9.36. The smallest absolute Gasteiger partial charge is 0.169 e. The number of thiocarbonyl (C=S) groups is 1. The summed E-state index contributed by atoms with van der Waals surface area (Å²) in [5, 5.41) is 5.23. The van der Waals surface area contributed by atoms with Gasteiger partial charge in [0.1, 0.15) is 0 Å². The van der Waals surface area contributed by atoms with Crippen LogP contribution in [0.5, 0.6) is 0 Å². The van der Waals surface area contributed by atoms with E-state index in [2.05, 4.69) is 46.6 Å². The Morgan fingerprint density at radius 1 is 1.00 bits per heavy atom. The zero-order valence-electron chi connectivity index (χ0n) is 13.7. The summed E-state index contributed by atoms with van der Waals surface area (Å²) in [6.07, 6.45) is 4.66. The molecule has 4 heteroatoms. The fourth-order valence-corrected chi connectivity index (χ4v) is 3.58. The molecule has 1 heterocycles. The summed E-state index contributed by atoms with van der Waals surface area (Å²) < 4.78 is 0. The monoisotopic (exact) mass is 358 g/mol. The zero-order valence-corrected chi connectivity index (χ0v) is 15.3. The van der Waals surface area contributed by atoms with Crippen molar-refractivity contribution in [3.8, 4) is 0 Å². The lowest BCUT2D eigenvalue weighted by Gasteiger charge is -2.32. The number of benzene rings is 2. The van der Waals surface area contributed by atoms with Crippen LogP contribution in [0.1, 0.15) is 36.4 Å². The summed E-state index contributed by atoms with van der Waals surface area (Å²) in [6, 6.07) is 18.8. The highest BCUT2D eigenvalue weighted by Gasteiger charge is 2.18. The van der Waals surface area contributed by atoms with Crippen molar-refractivity contribution in [2.75, 3.05) is 13.1 Å². The van der Waals surface area contributed by atoms with Crippen molar-refractivity contribution in [3.05, 3.63) is 70.7 Å². The fraction of sp³-hybridized carbons (Fsp3) is 0.350. The van der Waals surface area contributed by atoms with E-state index in [1.54, 1.807) is 0 Å². The van der Waals surface area contributed by atoms with Gasteiger partial charge in [0.25, 0.3) is 0 Å². The molecule has 1 N–H and O–H groups in total. The molecule has 1 unspecified atom stereocenters. The Bertz CT molecular complexity index is 651. The minimum absolute atomic E-state index is 0.168. The molecule has 0 aliphatic carbocycles. The van der Waals surface area contributed by atoms with Gasteiger partial charge in [-0.3, -0.25) is 0 Å². The van der Waals surface area contributed by atoms with E-state index < -0.39 is 0 Å². The van der Waals surface area contributed by atoms with E-state index in [-0.39, 0.29) is 6.04 Å². The maximum atomic E-state index is 6.01. The second kappa shape index (κ2) is 8.50. The maximum absolute atomic E-state index is 6.01. The normalized spacial score (nSPS) is 15.8. The van der Waals surface area contributed by atoms with Crippen molar-refractivity contribution in [2.45, 2.75) is 31.7 Å². The number of piperidine rings is 1. The minimum atomic E-state index is 0.168.